The smallest absolute Gasteiger partial charge is 0.124 e. The van der Waals surface area contributed by atoms with Crippen LogP contribution in [0.3, 0.4) is 0 Å². The van der Waals surface area contributed by atoms with Gasteiger partial charge in [-0.3, -0.25) is 0 Å². The van der Waals surface area contributed by atoms with Crippen LogP contribution in [0.1, 0.15) is 25.3 Å². The van der Waals surface area contributed by atoms with Crippen molar-refractivity contribution in [3.8, 4) is 5.75 Å². The van der Waals surface area contributed by atoms with E-state index in [1.807, 2.05) is 24.3 Å². The largest absolute Gasteiger partial charge is 0.496 e. The first-order chi connectivity index (χ1) is 9.15. The summed E-state index contributed by atoms with van der Waals surface area (Å²) in [7, 11) is 1.68. The Hall–Kier alpha value is -1.06. The highest BCUT2D eigenvalue weighted by Crippen LogP contribution is 2.50. The molecular weight excluding hydrogens is 238 g/mol. The van der Waals surface area contributed by atoms with Crippen LogP contribution in [0.15, 0.2) is 24.3 Å². The SMILES string of the molecule is COc1ccccc1[C@]1(O)C[C@H](C)C[C@H]2CNC[C@H]21. The van der Waals surface area contributed by atoms with Crippen LogP contribution in [0, 0.1) is 17.8 Å². The lowest BCUT2D eigenvalue weighted by Crippen LogP contribution is -2.45. The number of nitrogens with one attached hydrogen (secondary N) is 1. The fourth-order valence-corrected chi connectivity index (χ4v) is 4.13. The molecule has 3 nitrogen and oxygen atoms in total. The Balaban J connectivity index is 2.04. The maximum Gasteiger partial charge on any atom is 0.124 e. The summed E-state index contributed by atoms with van der Waals surface area (Å²) in [4.78, 5) is 0. The Morgan fingerprint density at radius 2 is 2.11 bits per heavy atom. The van der Waals surface area contributed by atoms with Gasteiger partial charge in [0.25, 0.3) is 0 Å². The first-order valence-corrected chi connectivity index (χ1v) is 7.21. The van der Waals surface area contributed by atoms with E-state index in [9.17, 15) is 5.11 Å². The molecule has 2 aliphatic rings. The molecule has 3 rings (SSSR count). The minimum Gasteiger partial charge on any atom is -0.496 e. The van der Waals surface area contributed by atoms with Gasteiger partial charge in [0, 0.05) is 18.0 Å². The average molecular weight is 261 g/mol. The zero-order chi connectivity index (χ0) is 13.5. The number of hydrogen-bond donors (Lipinski definition) is 2. The van der Waals surface area contributed by atoms with Crippen molar-refractivity contribution in [3.05, 3.63) is 29.8 Å². The summed E-state index contributed by atoms with van der Waals surface area (Å²) in [6.45, 7) is 4.19. The second kappa shape index (κ2) is 4.80. The molecule has 2 fully saturated rings. The number of methoxy groups -OCH3 is 1. The van der Waals surface area contributed by atoms with Gasteiger partial charge < -0.3 is 15.2 Å². The maximum atomic E-state index is 11.4. The van der Waals surface area contributed by atoms with Crippen LogP contribution in [-0.4, -0.2) is 25.3 Å². The Kier molecular flexibility index (Phi) is 3.27. The summed E-state index contributed by atoms with van der Waals surface area (Å²) in [5, 5.41) is 14.8. The van der Waals surface area contributed by atoms with Gasteiger partial charge in [-0.2, -0.15) is 0 Å². The van der Waals surface area contributed by atoms with E-state index < -0.39 is 5.60 Å². The number of ether oxygens (including phenoxy) is 1. The quantitative estimate of drug-likeness (QED) is 0.857. The van der Waals surface area contributed by atoms with Crippen molar-refractivity contribution >= 4 is 0 Å². The summed E-state index contributed by atoms with van der Waals surface area (Å²) in [6, 6.07) is 7.92. The van der Waals surface area contributed by atoms with E-state index in [2.05, 4.69) is 12.2 Å². The van der Waals surface area contributed by atoms with Crippen LogP contribution in [0.5, 0.6) is 5.75 Å². The Morgan fingerprint density at radius 3 is 2.89 bits per heavy atom. The molecule has 0 amide bonds. The molecule has 3 heteroatoms. The van der Waals surface area contributed by atoms with Crippen LogP contribution in [0.25, 0.3) is 0 Å². The van der Waals surface area contributed by atoms with Crippen molar-refractivity contribution in [2.45, 2.75) is 25.4 Å². The Bertz CT molecular complexity index is 462. The lowest BCUT2D eigenvalue weighted by molar-refractivity contribution is -0.0811. The van der Waals surface area contributed by atoms with Gasteiger partial charge in [-0.15, -0.1) is 0 Å². The van der Waals surface area contributed by atoms with Crippen LogP contribution < -0.4 is 10.1 Å². The monoisotopic (exact) mass is 261 g/mol. The molecule has 1 aromatic rings. The average Bonchev–Trinajstić information content (AvgIpc) is 2.87. The number of aliphatic hydroxyl groups is 1. The van der Waals surface area contributed by atoms with Gasteiger partial charge in [0.1, 0.15) is 5.75 Å². The van der Waals surface area contributed by atoms with Gasteiger partial charge in [0.05, 0.1) is 12.7 Å². The lowest BCUT2D eigenvalue weighted by Gasteiger charge is -2.44. The van der Waals surface area contributed by atoms with Crippen molar-refractivity contribution < 1.29 is 9.84 Å². The molecule has 0 aromatic heterocycles. The van der Waals surface area contributed by atoms with Crippen LogP contribution >= 0.6 is 0 Å². The van der Waals surface area contributed by atoms with E-state index in [0.717, 1.165) is 30.8 Å². The summed E-state index contributed by atoms with van der Waals surface area (Å²) in [5.41, 5.74) is 0.209. The maximum absolute atomic E-state index is 11.4. The van der Waals surface area contributed by atoms with E-state index in [4.69, 9.17) is 4.74 Å². The van der Waals surface area contributed by atoms with Gasteiger partial charge in [0.15, 0.2) is 0 Å². The fourth-order valence-electron chi connectivity index (χ4n) is 4.13. The van der Waals surface area contributed by atoms with Crippen molar-refractivity contribution in [3.63, 3.8) is 0 Å². The van der Waals surface area contributed by atoms with Crippen LogP contribution in [0.4, 0.5) is 0 Å². The number of rotatable bonds is 2. The highest BCUT2D eigenvalue weighted by atomic mass is 16.5. The van der Waals surface area contributed by atoms with Gasteiger partial charge in [-0.05, 0) is 37.3 Å². The number of benzene rings is 1. The minimum atomic E-state index is -0.752. The molecule has 1 saturated carbocycles. The fraction of sp³-hybridized carbons (Fsp3) is 0.625. The van der Waals surface area contributed by atoms with Crippen molar-refractivity contribution in [2.24, 2.45) is 17.8 Å². The number of fused-ring (bicyclic) bond motifs is 1. The minimum absolute atomic E-state index is 0.306. The molecule has 4 atom stereocenters. The Morgan fingerprint density at radius 1 is 1.32 bits per heavy atom. The standard InChI is InChI=1S/C16H23NO2/c1-11-7-12-9-17-10-14(12)16(18,8-11)13-5-3-4-6-15(13)19-2/h3-6,11-12,14,17-18H,7-10H2,1-2H3/t11-,12+,14-,16-/m1/s1. The highest BCUT2D eigenvalue weighted by molar-refractivity contribution is 5.39. The van der Waals surface area contributed by atoms with E-state index >= 15 is 0 Å². The third-order valence-corrected chi connectivity index (χ3v) is 4.89. The topological polar surface area (TPSA) is 41.5 Å². The molecule has 104 valence electrons. The molecule has 1 heterocycles. The molecule has 1 aromatic carbocycles. The molecule has 0 spiro atoms. The highest BCUT2D eigenvalue weighted by Gasteiger charge is 2.50. The van der Waals surface area contributed by atoms with E-state index in [0.29, 0.717) is 17.8 Å². The predicted octanol–water partition coefficient (Wildman–Crippen LogP) is 2.15. The van der Waals surface area contributed by atoms with E-state index in [1.54, 1.807) is 7.11 Å². The molecule has 1 saturated heterocycles. The molecule has 0 unspecified atom stereocenters. The first-order valence-electron chi connectivity index (χ1n) is 7.21. The van der Waals surface area contributed by atoms with Gasteiger partial charge in [-0.1, -0.05) is 25.1 Å². The van der Waals surface area contributed by atoms with Crippen molar-refractivity contribution in [2.75, 3.05) is 20.2 Å². The number of para-hydroxylation sites is 1. The Labute approximate surface area is 115 Å². The van der Waals surface area contributed by atoms with Gasteiger partial charge in [-0.25, -0.2) is 0 Å². The van der Waals surface area contributed by atoms with Gasteiger partial charge >= 0.3 is 0 Å². The van der Waals surface area contributed by atoms with E-state index in [1.165, 1.54) is 6.42 Å². The van der Waals surface area contributed by atoms with Crippen molar-refractivity contribution in [1.82, 2.24) is 5.32 Å². The van der Waals surface area contributed by atoms with Crippen molar-refractivity contribution in [1.29, 1.82) is 0 Å². The summed E-state index contributed by atoms with van der Waals surface area (Å²) < 4.78 is 5.47. The third-order valence-electron chi connectivity index (χ3n) is 4.89. The van der Waals surface area contributed by atoms with Crippen LogP contribution in [0.2, 0.25) is 0 Å². The molecule has 0 bridgehead atoms. The zero-order valence-electron chi connectivity index (χ0n) is 11.7. The normalized spacial score (nSPS) is 37.9. The summed E-state index contributed by atoms with van der Waals surface area (Å²) >= 11 is 0. The third kappa shape index (κ3) is 2.05. The van der Waals surface area contributed by atoms with E-state index in [-0.39, 0.29) is 0 Å². The molecule has 19 heavy (non-hydrogen) atoms. The molecule has 0 radical (unpaired) electrons. The zero-order valence-corrected chi connectivity index (χ0v) is 11.7. The second-order valence-electron chi connectivity index (χ2n) is 6.19. The second-order valence-corrected chi connectivity index (χ2v) is 6.19. The molecular formula is C16H23NO2. The first kappa shape index (κ1) is 12.9. The lowest BCUT2D eigenvalue weighted by atomic mass is 9.64. The predicted molar refractivity (Wildman–Crippen MR) is 75.1 cm³/mol. The summed E-state index contributed by atoms with van der Waals surface area (Å²) in [6.07, 6.45) is 2.05. The molecule has 2 N–H and O–H groups in total. The van der Waals surface area contributed by atoms with Crippen LogP contribution in [-0.2, 0) is 5.60 Å². The summed E-state index contributed by atoms with van der Waals surface area (Å²) in [5.74, 6) is 2.25. The molecule has 1 aliphatic carbocycles. The number of hydrogen-bond acceptors (Lipinski definition) is 3. The van der Waals surface area contributed by atoms with Gasteiger partial charge in [0.2, 0.25) is 0 Å². The molecule has 1 aliphatic heterocycles.